The van der Waals surface area contributed by atoms with E-state index in [1.807, 2.05) is 32.0 Å². The average Bonchev–Trinajstić information content (AvgIpc) is 2.47. The van der Waals surface area contributed by atoms with E-state index in [9.17, 15) is 9.90 Å². The second-order valence-electron chi connectivity index (χ2n) is 4.96. The first kappa shape index (κ1) is 14.9. The number of benzene rings is 2. The molecule has 0 bridgehead atoms. The zero-order valence-corrected chi connectivity index (χ0v) is 12.1. The molecule has 0 atom stereocenters. The van der Waals surface area contributed by atoms with Crippen LogP contribution >= 0.6 is 0 Å². The smallest absolute Gasteiger partial charge is 0.507 e. The highest BCUT2D eigenvalue weighted by Gasteiger charge is 2.12. The highest BCUT2D eigenvalue weighted by Crippen LogP contribution is 2.29. The topological polar surface area (TPSA) is 55.8 Å². The molecule has 0 saturated carbocycles. The molecule has 0 saturated heterocycles. The molecule has 21 heavy (non-hydrogen) atoms. The minimum absolute atomic E-state index is 0.0297. The lowest BCUT2D eigenvalue weighted by Gasteiger charge is -2.12. The van der Waals surface area contributed by atoms with Gasteiger partial charge >= 0.3 is 6.16 Å². The molecule has 4 nitrogen and oxygen atoms in total. The van der Waals surface area contributed by atoms with Crippen LogP contribution in [-0.4, -0.2) is 11.3 Å². The third-order valence-corrected chi connectivity index (χ3v) is 3.06. The summed E-state index contributed by atoms with van der Waals surface area (Å²) in [5.41, 5.74) is 1.39. The van der Waals surface area contributed by atoms with Crippen molar-refractivity contribution in [1.82, 2.24) is 0 Å². The van der Waals surface area contributed by atoms with Crippen molar-refractivity contribution in [3.8, 4) is 11.5 Å². The number of carbonyl (C=O) groups is 1. The van der Waals surface area contributed by atoms with Gasteiger partial charge in [-0.25, -0.2) is 4.79 Å². The second kappa shape index (κ2) is 6.79. The van der Waals surface area contributed by atoms with E-state index in [1.165, 1.54) is 0 Å². The summed E-state index contributed by atoms with van der Waals surface area (Å²) < 4.78 is 10.0. The van der Waals surface area contributed by atoms with Crippen LogP contribution in [0.1, 0.15) is 30.9 Å². The van der Waals surface area contributed by atoms with E-state index in [2.05, 4.69) is 0 Å². The first-order valence-corrected chi connectivity index (χ1v) is 6.78. The molecule has 2 aromatic carbocycles. The lowest BCUT2D eigenvalue weighted by molar-refractivity contribution is 0.0921. The molecule has 0 unspecified atom stereocenters. The monoisotopic (exact) mass is 286 g/mol. The Hall–Kier alpha value is -2.49. The van der Waals surface area contributed by atoms with Gasteiger partial charge in [0.25, 0.3) is 0 Å². The van der Waals surface area contributed by atoms with Crippen molar-refractivity contribution in [2.75, 3.05) is 0 Å². The molecule has 2 rings (SSSR count). The van der Waals surface area contributed by atoms with Crippen molar-refractivity contribution in [2.45, 2.75) is 26.4 Å². The van der Waals surface area contributed by atoms with Crippen LogP contribution < -0.4 is 4.74 Å². The molecule has 0 aliphatic heterocycles. The Morgan fingerprint density at radius 1 is 1.10 bits per heavy atom. The lowest BCUT2D eigenvalue weighted by atomic mass is 9.99. The summed E-state index contributed by atoms with van der Waals surface area (Å²) in [7, 11) is 0. The van der Waals surface area contributed by atoms with Crippen LogP contribution in [0.15, 0.2) is 48.5 Å². The van der Waals surface area contributed by atoms with Gasteiger partial charge in [0.15, 0.2) is 0 Å². The summed E-state index contributed by atoms with van der Waals surface area (Å²) in [6, 6.07) is 14.1. The van der Waals surface area contributed by atoms with Crippen molar-refractivity contribution in [3.63, 3.8) is 0 Å². The predicted octanol–water partition coefficient (Wildman–Crippen LogP) is 4.23. The van der Waals surface area contributed by atoms with Crippen molar-refractivity contribution in [2.24, 2.45) is 0 Å². The van der Waals surface area contributed by atoms with Gasteiger partial charge in [0, 0.05) is 5.56 Å². The van der Waals surface area contributed by atoms with E-state index in [0.29, 0.717) is 11.3 Å². The summed E-state index contributed by atoms with van der Waals surface area (Å²) in [5.74, 6) is 0.781. The van der Waals surface area contributed by atoms with Gasteiger partial charge in [-0.15, -0.1) is 0 Å². The Morgan fingerprint density at radius 3 is 2.48 bits per heavy atom. The van der Waals surface area contributed by atoms with Crippen LogP contribution in [0.4, 0.5) is 4.79 Å². The van der Waals surface area contributed by atoms with Crippen LogP contribution in [-0.2, 0) is 11.3 Å². The number of hydrogen-bond donors (Lipinski definition) is 1. The van der Waals surface area contributed by atoms with Gasteiger partial charge in [0.05, 0.1) is 0 Å². The van der Waals surface area contributed by atoms with E-state index in [-0.39, 0.29) is 18.3 Å². The highest BCUT2D eigenvalue weighted by atomic mass is 16.7. The first-order valence-electron chi connectivity index (χ1n) is 6.78. The maximum Gasteiger partial charge on any atom is 0.514 e. The van der Waals surface area contributed by atoms with Crippen LogP contribution in [0.2, 0.25) is 0 Å². The van der Waals surface area contributed by atoms with Gasteiger partial charge in [0.2, 0.25) is 0 Å². The Kier molecular flexibility index (Phi) is 4.82. The highest BCUT2D eigenvalue weighted by molar-refractivity contribution is 5.63. The molecule has 0 heterocycles. The van der Waals surface area contributed by atoms with E-state index in [4.69, 9.17) is 9.47 Å². The number of phenolic OH excluding ortho intramolecular Hbond substituents is 1. The summed E-state index contributed by atoms with van der Waals surface area (Å²) >= 11 is 0. The molecule has 0 amide bonds. The zero-order valence-electron chi connectivity index (χ0n) is 12.1. The third-order valence-electron chi connectivity index (χ3n) is 3.06. The van der Waals surface area contributed by atoms with E-state index in [1.54, 1.807) is 30.3 Å². The largest absolute Gasteiger partial charge is 0.514 e. The average molecular weight is 286 g/mol. The Bertz CT molecular complexity index is 605. The summed E-state index contributed by atoms with van der Waals surface area (Å²) in [5, 5.41) is 10.1. The normalized spacial score (nSPS) is 10.4. The number of hydrogen-bond acceptors (Lipinski definition) is 4. The van der Waals surface area contributed by atoms with Crippen LogP contribution in [0.25, 0.3) is 0 Å². The molecular formula is C17H18O4. The van der Waals surface area contributed by atoms with Crippen molar-refractivity contribution in [1.29, 1.82) is 0 Å². The number of carbonyl (C=O) groups excluding carboxylic acids is 1. The zero-order chi connectivity index (χ0) is 15.2. The Balaban J connectivity index is 1.97. The van der Waals surface area contributed by atoms with Crippen molar-refractivity contribution < 1.29 is 19.4 Å². The van der Waals surface area contributed by atoms with E-state index in [0.717, 1.165) is 5.56 Å². The lowest BCUT2D eigenvalue weighted by Crippen LogP contribution is -2.10. The van der Waals surface area contributed by atoms with Crippen LogP contribution in [0, 0.1) is 0 Å². The van der Waals surface area contributed by atoms with Gasteiger partial charge in [-0.1, -0.05) is 50.2 Å². The van der Waals surface area contributed by atoms with Gasteiger partial charge in [0.1, 0.15) is 18.1 Å². The number of rotatable bonds is 4. The summed E-state index contributed by atoms with van der Waals surface area (Å²) in [6.07, 6.45) is -0.796. The minimum atomic E-state index is -0.796. The van der Waals surface area contributed by atoms with Crippen molar-refractivity contribution >= 4 is 6.16 Å². The summed E-state index contributed by atoms with van der Waals surface area (Å²) in [6.45, 7) is 3.95. The second-order valence-corrected chi connectivity index (χ2v) is 4.96. The van der Waals surface area contributed by atoms with E-state index >= 15 is 0 Å². The maximum absolute atomic E-state index is 11.6. The predicted molar refractivity (Wildman–Crippen MR) is 79.5 cm³/mol. The molecule has 2 aromatic rings. The fourth-order valence-electron chi connectivity index (χ4n) is 1.94. The molecule has 110 valence electrons. The van der Waals surface area contributed by atoms with Gasteiger partial charge < -0.3 is 14.6 Å². The van der Waals surface area contributed by atoms with Crippen LogP contribution in [0.3, 0.4) is 0 Å². The molecule has 0 fully saturated rings. The van der Waals surface area contributed by atoms with Gasteiger partial charge in [-0.3, -0.25) is 0 Å². The SMILES string of the molecule is CC(C)c1cccc(COC(=O)Oc2ccccc2)c1O. The Labute approximate surface area is 123 Å². The fraction of sp³-hybridized carbons (Fsp3) is 0.235. The third kappa shape index (κ3) is 3.99. The van der Waals surface area contributed by atoms with Crippen molar-refractivity contribution in [3.05, 3.63) is 59.7 Å². The molecular weight excluding hydrogens is 268 g/mol. The van der Waals surface area contributed by atoms with Crippen LogP contribution in [0.5, 0.6) is 11.5 Å². The number of aromatic hydroxyl groups is 1. The number of phenols is 1. The molecule has 0 aliphatic rings. The van der Waals surface area contributed by atoms with E-state index < -0.39 is 6.16 Å². The molecule has 0 aliphatic carbocycles. The fourth-order valence-corrected chi connectivity index (χ4v) is 1.94. The Morgan fingerprint density at radius 2 is 1.81 bits per heavy atom. The molecule has 0 spiro atoms. The van der Waals surface area contributed by atoms with Gasteiger partial charge in [-0.05, 0) is 23.6 Å². The van der Waals surface area contributed by atoms with Gasteiger partial charge in [-0.2, -0.15) is 0 Å². The summed E-state index contributed by atoms with van der Waals surface area (Å²) in [4.78, 5) is 11.6. The molecule has 0 radical (unpaired) electrons. The maximum atomic E-state index is 11.6. The standard InChI is InChI=1S/C17H18O4/c1-12(2)15-10-6-7-13(16(15)18)11-20-17(19)21-14-8-4-3-5-9-14/h3-10,12,18H,11H2,1-2H3. The minimum Gasteiger partial charge on any atom is -0.507 e. The number of ether oxygens (including phenoxy) is 2. The molecule has 1 N–H and O–H groups in total. The first-order chi connectivity index (χ1) is 10.1. The quantitative estimate of drug-likeness (QED) is 0.675. The number of para-hydroxylation sites is 2. The molecule has 0 aromatic heterocycles. The molecule has 4 heteroatoms.